The van der Waals surface area contributed by atoms with Crippen LogP contribution in [0.4, 0.5) is 0 Å². The predicted molar refractivity (Wildman–Crippen MR) is 302 cm³/mol. The van der Waals surface area contributed by atoms with Gasteiger partial charge in [-0.05, 0) is 96.3 Å². The highest BCUT2D eigenvalue weighted by molar-refractivity contribution is 5.71. The van der Waals surface area contributed by atoms with Crippen LogP contribution in [0.15, 0.2) is 97.2 Å². The summed E-state index contributed by atoms with van der Waals surface area (Å²) in [6, 6.07) is 0. The Morgan fingerprint density at radius 2 is 0.571 bits per heavy atom. The van der Waals surface area contributed by atoms with Gasteiger partial charge in [0.05, 0.1) is 0 Å². The summed E-state index contributed by atoms with van der Waals surface area (Å²) in [7, 11) is 0. The molecule has 0 saturated carbocycles. The third-order valence-electron chi connectivity index (χ3n) is 12.3. The minimum absolute atomic E-state index is 0.0971. The molecule has 1 unspecified atom stereocenters. The fourth-order valence-corrected chi connectivity index (χ4v) is 7.96. The molecule has 0 N–H and O–H groups in total. The van der Waals surface area contributed by atoms with Crippen molar-refractivity contribution in [2.24, 2.45) is 0 Å². The van der Waals surface area contributed by atoms with Gasteiger partial charge in [0.25, 0.3) is 0 Å². The summed E-state index contributed by atoms with van der Waals surface area (Å²) in [5.41, 5.74) is 0. The summed E-state index contributed by atoms with van der Waals surface area (Å²) in [5, 5.41) is 0. The summed E-state index contributed by atoms with van der Waals surface area (Å²) in [5.74, 6) is -0.963. The second-order valence-corrected chi connectivity index (χ2v) is 19.2. The van der Waals surface area contributed by atoms with Crippen LogP contribution in [0.2, 0.25) is 0 Å². The zero-order valence-corrected chi connectivity index (χ0v) is 45.8. The summed E-state index contributed by atoms with van der Waals surface area (Å²) in [6.45, 7) is 6.48. The van der Waals surface area contributed by atoms with Gasteiger partial charge in [-0.1, -0.05) is 253 Å². The van der Waals surface area contributed by atoms with Crippen molar-refractivity contribution in [3.63, 3.8) is 0 Å². The molecule has 0 heterocycles. The van der Waals surface area contributed by atoms with Crippen LogP contribution >= 0.6 is 0 Å². The molecule has 6 nitrogen and oxygen atoms in total. The third-order valence-corrected chi connectivity index (χ3v) is 12.3. The van der Waals surface area contributed by atoms with Gasteiger partial charge in [-0.2, -0.15) is 0 Å². The van der Waals surface area contributed by atoms with E-state index in [9.17, 15) is 14.4 Å². The normalized spacial score (nSPS) is 12.8. The van der Waals surface area contributed by atoms with Crippen LogP contribution in [0.5, 0.6) is 0 Å². The van der Waals surface area contributed by atoms with E-state index in [0.717, 1.165) is 103 Å². The molecule has 0 aromatic carbocycles. The van der Waals surface area contributed by atoms with Crippen molar-refractivity contribution in [1.82, 2.24) is 0 Å². The molecule has 6 heteroatoms. The Morgan fingerprint density at radius 1 is 0.300 bits per heavy atom. The van der Waals surface area contributed by atoms with E-state index in [0.29, 0.717) is 19.3 Å². The molecule has 0 aromatic rings. The van der Waals surface area contributed by atoms with E-state index < -0.39 is 6.10 Å². The van der Waals surface area contributed by atoms with Gasteiger partial charge in [-0.3, -0.25) is 14.4 Å². The molecular formula is C64H108O6. The van der Waals surface area contributed by atoms with Crippen molar-refractivity contribution >= 4 is 17.9 Å². The number of esters is 3. The van der Waals surface area contributed by atoms with Crippen LogP contribution in [-0.2, 0) is 28.6 Å². The van der Waals surface area contributed by atoms with Gasteiger partial charge in [0.2, 0.25) is 0 Å². The molecule has 0 amide bonds. The largest absolute Gasteiger partial charge is 0.462 e. The number of unbranched alkanes of at least 4 members (excludes halogenated alkanes) is 25. The van der Waals surface area contributed by atoms with Crippen molar-refractivity contribution in [3.8, 4) is 0 Å². The van der Waals surface area contributed by atoms with E-state index in [-0.39, 0.29) is 37.5 Å². The first-order valence-corrected chi connectivity index (χ1v) is 29.2. The van der Waals surface area contributed by atoms with E-state index in [1.165, 1.54) is 122 Å². The fourth-order valence-electron chi connectivity index (χ4n) is 7.96. The Labute approximate surface area is 432 Å². The van der Waals surface area contributed by atoms with Crippen LogP contribution in [0.25, 0.3) is 0 Å². The van der Waals surface area contributed by atoms with Crippen molar-refractivity contribution in [1.29, 1.82) is 0 Å². The zero-order chi connectivity index (χ0) is 50.7. The van der Waals surface area contributed by atoms with Crippen molar-refractivity contribution in [2.45, 2.75) is 277 Å². The van der Waals surface area contributed by atoms with Crippen molar-refractivity contribution in [3.05, 3.63) is 97.2 Å². The lowest BCUT2D eigenvalue weighted by Gasteiger charge is -2.18. The van der Waals surface area contributed by atoms with Gasteiger partial charge in [-0.15, -0.1) is 0 Å². The monoisotopic (exact) mass is 973 g/mol. The quantitative estimate of drug-likeness (QED) is 0.0262. The van der Waals surface area contributed by atoms with Crippen LogP contribution in [0.1, 0.15) is 271 Å². The summed E-state index contributed by atoms with van der Waals surface area (Å²) in [4.78, 5) is 38.1. The van der Waals surface area contributed by atoms with Gasteiger partial charge >= 0.3 is 17.9 Å². The Balaban J connectivity index is 4.47. The highest BCUT2D eigenvalue weighted by Gasteiger charge is 2.19. The summed E-state index contributed by atoms with van der Waals surface area (Å²) < 4.78 is 16.8. The molecular weight excluding hydrogens is 865 g/mol. The number of carbonyl (C=O) groups excluding carboxylic acids is 3. The van der Waals surface area contributed by atoms with Crippen molar-refractivity contribution < 1.29 is 28.6 Å². The topological polar surface area (TPSA) is 78.9 Å². The lowest BCUT2D eigenvalue weighted by molar-refractivity contribution is -0.167. The van der Waals surface area contributed by atoms with E-state index >= 15 is 0 Å². The first kappa shape index (κ1) is 66.3. The predicted octanol–water partition coefficient (Wildman–Crippen LogP) is 19.7. The second kappa shape index (κ2) is 57.9. The number of allylic oxidation sites excluding steroid dienone is 16. The van der Waals surface area contributed by atoms with Crippen molar-refractivity contribution in [2.75, 3.05) is 13.2 Å². The van der Waals surface area contributed by atoms with E-state index in [2.05, 4.69) is 118 Å². The Hall–Kier alpha value is -3.67. The number of carbonyl (C=O) groups is 3. The zero-order valence-electron chi connectivity index (χ0n) is 45.8. The SMILES string of the molecule is CC/C=C\C/C=C\C/C=C\C/C=C\C/C=C\C/C=C\C/C=C\CCCC(=O)OCC(COC(=O)CCCCCCCCCCCCCCC)OC(=O)CCCCCCC/C=C\CCCCCCCCC. The van der Waals surface area contributed by atoms with Crippen LogP contribution < -0.4 is 0 Å². The molecule has 400 valence electrons. The number of ether oxygens (including phenoxy) is 3. The molecule has 0 bridgehead atoms. The summed E-state index contributed by atoms with van der Waals surface area (Å²) >= 11 is 0. The first-order valence-electron chi connectivity index (χ1n) is 29.2. The molecule has 0 spiro atoms. The van der Waals surface area contributed by atoms with E-state index in [4.69, 9.17) is 14.2 Å². The molecule has 0 aliphatic rings. The van der Waals surface area contributed by atoms with Crippen LogP contribution in [0, 0.1) is 0 Å². The molecule has 0 aliphatic carbocycles. The van der Waals surface area contributed by atoms with Gasteiger partial charge in [-0.25, -0.2) is 0 Å². The molecule has 0 saturated heterocycles. The lowest BCUT2D eigenvalue weighted by atomic mass is 10.0. The first-order chi connectivity index (χ1) is 34.5. The van der Waals surface area contributed by atoms with Crippen LogP contribution in [0.3, 0.4) is 0 Å². The fraction of sp³-hybridized carbons (Fsp3) is 0.703. The average molecular weight is 974 g/mol. The van der Waals surface area contributed by atoms with Gasteiger partial charge < -0.3 is 14.2 Å². The second-order valence-electron chi connectivity index (χ2n) is 19.2. The molecule has 0 aromatic heterocycles. The number of hydrogen-bond acceptors (Lipinski definition) is 6. The molecule has 0 radical (unpaired) electrons. The highest BCUT2D eigenvalue weighted by atomic mass is 16.6. The standard InChI is InChI=1S/C64H108O6/c1-4-7-10-13-16-19-22-25-27-29-30-31-32-33-34-35-37-39-42-45-48-51-54-57-63(66)69-60-61(59-68-62(65)56-53-50-47-44-41-38-24-21-18-15-12-9-6-3)70-64(67)58-55-52-49-46-43-40-36-28-26-23-20-17-14-11-8-5-2/h7,10,16,19,25,27-28,30-31,33-34,36-37,39,45,48,61H,4-6,8-9,11-15,17-18,20-24,26,29,32,35,38,40-44,46-47,49-60H2,1-3H3/b10-7-,19-16-,27-25-,31-30-,34-33-,36-28-,39-37-,48-45-. The lowest BCUT2D eigenvalue weighted by Crippen LogP contribution is -2.30. The Morgan fingerprint density at radius 3 is 0.943 bits per heavy atom. The maximum Gasteiger partial charge on any atom is 0.306 e. The highest BCUT2D eigenvalue weighted by Crippen LogP contribution is 2.15. The molecule has 0 aliphatic heterocycles. The minimum Gasteiger partial charge on any atom is -0.462 e. The molecule has 0 fully saturated rings. The Kier molecular flexibility index (Phi) is 54.9. The maximum absolute atomic E-state index is 12.8. The van der Waals surface area contributed by atoms with Crippen LogP contribution in [-0.4, -0.2) is 37.2 Å². The maximum atomic E-state index is 12.8. The average Bonchev–Trinajstić information content (AvgIpc) is 3.36. The van der Waals surface area contributed by atoms with Gasteiger partial charge in [0, 0.05) is 19.3 Å². The van der Waals surface area contributed by atoms with Gasteiger partial charge in [0.15, 0.2) is 6.10 Å². The molecule has 1 atom stereocenters. The smallest absolute Gasteiger partial charge is 0.306 e. The number of hydrogen-bond donors (Lipinski definition) is 0. The van der Waals surface area contributed by atoms with E-state index in [1.807, 2.05) is 0 Å². The van der Waals surface area contributed by atoms with Gasteiger partial charge in [0.1, 0.15) is 13.2 Å². The molecule has 70 heavy (non-hydrogen) atoms. The number of rotatable bonds is 52. The minimum atomic E-state index is -0.804. The third kappa shape index (κ3) is 55.3. The van der Waals surface area contributed by atoms with E-state index in [1.54, 1.807) is 0 Å². The summed E-state index contributed by atoms with van der Waals surface area (Å²) in [6.07, 6.45) is 76.9. The Bertz CT molecular complexity index is 1400. The molecule has 0 rings (SSSR count).